The zero-order valence-corrected chi connectivity index (χ0v) is 29.2. The van der Waals surface area contributed by atoms with Crippen LogP contribution in [0.15, 0.2) is 97.5 Å². The van der Waals surface area contributed by atoms with Gasteiger partial charge in [0.05, 0.1) is 6.20 Å². The van der Waals surface area contributed by atoms with Gasteiger partial charge in [-0.3, -0.25) is 4.68 Å². The minimum Gasteiger partial charge on any atom is -0.509 e. The Morgan fingerprint density at radius 3 is 2.37 bits per heavy atom. The second-order valence-electron chi connectivity index (χ2n) is 12.4. The van der Waals surface area contributed by atoms with E-state index in [2.05, 4.69) is 118 Å². The van der Waals surface area contributed by atoms with Crippen molar-refractivity contribution in [1.82, 2.24) is 19.3 Å². The molecule has 0 unspecified atom stereocenters. The molecule has 3 heterocycles. The van der Waals surface area contributed by atoms with Crippen molar-refractivity contribution in [3.05, 3.63) is 132 Å². The maximum Gasteiger partial charge on any atom is 2.00 e. The summed E-state index contributed by atoms with van der Waals surface area (Å²) in [6.45, 7) is 13.3. The molecule has 0 fully saturated rings. The molecular formula is C40H36N4OPt. The molecule has 4 aromatic carbocycles. The van der Waals surface area contributed by atoms with E-state index in [9.17, 15) is 0 Å². The van der Waals surface area contributed by atoms with Crippen LogP contribution in [0.4, 0.5) is 0 Å². The summed E-state index contributed by atoms with van der Waals surface area (Å²) in [5.74, 6) is 2.94. The van der Waals surface area contributed by atoms with Crippen molar-refractivity contribution in [1.29, 1.82) is 0 Å². The Balaban J connectivity index is 0.00000372. The van der Waals surface area contributed by atoms with E-state index in [1.54, 1.807) is 0 Å². The van der Waals surface area contributed by atoms with Gasteiger partial charge in [0.2, 0.25) is 0 Å². The van der Waals surface area contributed by atoms with Gasteiger partial charge in [0.25, 0.3) is 0 Å². The van der Waals surface area contributed by atoms with E-state index >= 15 is 0 Å². The number of benzene rings is 4. The topological polar surface area (TPSA) is 44.9 Å². The van der Waals surface area contributed by atoms with Crippen LogP contribution in [0.1, 0.15) is 61.8 Å². The maximum atomic E-state index is 6.37. The zero-order valence-electron chi connectivity index (χ0n) is 26.9. The van der Waals surface area contributed by atoms with Crippen molar-refractivity contribution in [2.75, 3.05) is 0 Å². The summed E-state index contributed by atoms with van der Waals surface area (Å²) in [7, 11) is 0. The van der Waals surface area contributed by atoms with Gasteiger partial charge in [0.15, 0.2) is 0 Å². The fourth-order valence-corrected chi connectivity index (χ4v) is 6.17. The molecule has 0 amide bonds. The fourth-order valence-electron chi connectivity index (χ4n) is 6.17. The minimum absolute atomic E-state index is 0. The molecule has 46 heavy (non-hydrogen) atoms. The molecule has 0 aliphatic rings. The summed E-state index contributed by atoms with van der Waals surface area (Å²) < 4.78 is 10.4. The average molecular weight is 784 g/mol. The van der Waals surface area contributed by atoms with Crippen molar-refractivity contribution in [2.24, 2.45) is 0 Å². The predicted octanol–water partition coefficient (Wildman–Crippen LogP) is 10.3. The molecule has 0 radical (unpaired) electrons. The molecule has 6 heteroatoms. The van der Waals surface area contributed by atoms with Gasteiger partial charge in [-0.1, -0.05) is 63.5 Å². The molecule has 0 aliphatic heterocycles. The number of hydrogen-bond donors (Lipinski definition) is 0. The molecule has 0 aliphatic carbocycles. The monoisotopic (exact) mass is 783 g/mol. The number of nitrogens with zero attached hydrogens (tertiary/aromatic N) is 4. The van der Waals surface area contributed by atoms with Crippen LogP contribution in [-0.4, -0.2) is 19.3 Å². The smallest absolute Gasteiger partial charge is 0.509 e. The Labute approximate surface area is 285 Å². The van der Waals surface area contributed by atoms with Gasteiger partial charge in [-0.2, -0.15) is 17.2 Å². The quantitative estimate of drug-likeness (QED) is 0.151. The predicted molar refractivity (Wildman–Crippen MR) is 183 cm³/mol. The third-order valence-electron chi connectivity index (χ3n) is 8.45. The number of pyridine rings is 1. The SMILES string of the molecule is Cc1ccnc(-n2c3[c-]c(Oc4[c-]c(-n5cc(-c6c(C)cc(C(C)C)cc6C(C)C)cn5)ccc4)ccc3c3ccccc32)c1.[Pt+2]. The van der Waals surface area contributed by atoms with Crippen LogP contribution in [0.25, 0.3) is 44.4 Å². The molecule has 0 spiro atoms. The van der Waals surface area contributed by atoms with Crippen LogP contribution >= 0.6 is 0 Å². The second-order valence-corrected chi connectivity index (χ2v) is 12.4. The Hall–Kier alpha value is -4.47. The molecule has 232 valence electrons. The number of aryl methyl sites for hydroxylation is 2. The molecule has 5 nitrogen and oxygen atoms in total. The van der Waals surface area contributed by atoms with E-state index in [0.29, 0.717) is 23.3 Å². The van der Waals surface area contributed by atoms with Crippen molar-refractivity contribution < 1.29 is 25.8 Å². The third kappa shape index (κ3) is 5.81. The number of fused-ring (bicyclic) bond motifs is 3. The van der Waals surface area contributed by atoms with E-state index in [-0.39, 0.29) is 21.1 Å². The van der Waals surface area contributed by atoms with Crippen LogP contribution in [0.2, 0.25) is 0 Å². The summed E-state index contributed by atoms with van der Waals surface area (Å²) in [4.78, 5) is 4.68. The van der Waals surface area contributed by atoms with Crippen molar-refractivity contribution in [2.45, 2.75) is 53.4 Å². The number of hydrogen-bond acceptors (Lipinski definition) is 3. The van der Waals surface area contributed by atoms with Gasteiger partial charge in [0.1, 0.15) is 5.82 Å². The molecule has 0 atom stereocenters. The van der Waals surface area contributed by atoms with Crippen LogP contribution in [-0.2, 0) is 21.1 Å². The molecule has 0 saturated heterocycles. The first-order valence-electron chi connectivity index (χ1n) is 15.6. The summed E-state index contributed by atoms with van der Waals surface area (Å²) in [6, 6.07) is 34.0. The van der Waals surface area contributed by atoms with E-state index in [1.807, 2.05) is 47.4 Å². The van der Waals surface area contributed by atoms with Crippen LogP contribution in [0, 0.1) is 26.0 Å². The fraction of sp³-hybridized carbons (Fsp3) is 0.200. The largest absolute Gasteiger partial charge is 2.00 e. The van der Waals surface area contributed by atoms with Gasteiger partial charge in [-0.05, 0) is 82.8 Å². The Kier molecular flexibility index (Phi) is 8.72. The molecule has 7 rings (SSSR count). The first kappa shape index (κ1) is 31.5. The number of para-hydroxylation sites is 1. The van der Waals surface area contributed by atoms with Gasteiger partial charge in [0, 0.05) is 35.0 Å². The summed E-state index contributed by atoms with van der Waals surface area (Å²) in [6.07, 6.45) is 5.88. The number of aromatic nitrogens is 4. The standard InChI is InChI=1S/C40H36N4O.Pt/c1-25(2)29-19-28(6)40(36(20-29)26(3)4)30-23-42-43(24-30)31-10-9-11-32(21-31)45-33-14-15-35-34-12-7-8-13-37(34)44(38(35)22-33)39-18-27(5)16-17-41-39;/h7-20,23-26H,1-6H3;/q-2;+2. The summed E-state index contributed by atoms with van der Waals surface area (Å²) >= 11 is 0. The van der Waals surface area contributed by atoms with Crippen molar-refractivity contribution in [3.8, 4) is 34.1 Å². The Bertz CT molecular complexity index is 2190. The molecule has 3 aromatic heterocycles. The third-order valence-corrected chi connectivity index (χ3v) is 8.45. The van der Waals surface area contributed by atoms with E-state index in [0.717, 1.165) is 44.4 Å². The van der Waals surface area contributed by atoms with Crippen molar-refractivity contribution >= 4 is 21.8 Å². The number of ether oxygens (including phenoxy) is 1. The summed E-state index contributed by atoms with van der Waals surface area (Å²) in [5.41, 5.74) is 10.3. The Morgan fingerprint density at radius 2 is 1.59 bits per heavy atom. The average Bonchev–Trinajstić information content (AvgIpc) is 3.64. The molecule has 0 saturated carbocycles. The summed E-state index contributed by atoms with van der Waals surface area (Å²) in [5, 5.41) is 6.99. The molecular weight excluding hydrogens is 748 g/mol. The van der Waals surface area contributed by atoms with Crippen LogP contribution < -0.4 is 4.74 Å². The minimum atomic E-state index is 0. The maximum absolute atomic E-state index is 6.37. The van der Waals surface area contributed by atoms with Gasteiger partial charge in [-0.25, -0.2) is 4.98 Å². The van der Waals surface area contributed by atoms with Crippen LogP contribution in [0.3, 0.4) is 0 Å². The second kappa shape index (κ2) is 12.7. The zero-order chi connectivity index (χ0) is 31.2. The van der Waals surface area contributed by atoms with Gasteiger partial charge < -0.3 is 9.30 Å². The van der Waals surface area contributed by atoms with Crippen LogP contribution in [0.5, 0.6) is 11.5 Å². The van der Waals surface area contributed by atoms with Gasteiger partial charge in [-0.15, -0.1) is 35.7 Å². The first-order chi connectivity index (χ1) is 21.8. The van der Waals surface area contributed by atoms with Crippen molar-refractivity contribution in [3.63, 3.8) is 0 Å². The first-order valence-corrected chi connectivity index (χ1v) is 15.6. The number of rotatable bonds is 7. The molecule has 0 bridgehead atoms. The molecule has 0 N–H and O–H groups in total. The molecule has 7 aromatic rings. The Morgan fingerprint density at radius 1 is 0.783 bits per heavy atom. The normalized spacial score (nSPS) is 11.5. The van der Waals surface area contributed by atoms with E-state index in [1.165, 1.54) is 22.3 Å². The van der Waals surface area contributed by atoms with E-state index < -0.39 is 0 Å². The van der Waals surface area contributed by atoms with E-state index in [4.69, 9.17) is 9.84 Å². The van der Waals surface area contributed by atoms with Gasteiger partial charge >= 0.3 is 21.1 Å².